The van der Waals surface area contributed by atoms with Gasteiger partial charge in [0, 0.05) is 37.3 Å². The van der Waals surface area contributed by atoms with Crippen LogP contribution in [0.25, 0.3) is 0 Å². The molecule has 3 nitrogen and oxygen atoms in total. The van der Waals surface area contributed by atoms with E-state index in [1.54, 1.807) is 12.4 Å². The van der Waals surface area contributed by atoms with Gasteiger partial charge < -0.3 is 4.90 Å². The van der Waals surface area contributed by atoms with Crippen LogP contribution in [0.15, 0.2) is 48.8 Å². The second-order valence-corrected chi connectivity index (χ2v) is 6.59. The average molecular weight is 308 g/mol. The molecular formula is C20H24N2O. The molecule has 23 heavy (non-hydrogen) atoms. The maximum atomic E-state index is 12.6. The third kappa shape index (κ3) is 3.79. The van der Waals surface area contributed by atoms with Gasteiger partial charge in [-0.3, -0.25) is 9.78 Å². The molecule has 1 saturated heterocycles. The summed E-state index contributed by atoms with van der Waals surface area (Å²) in [4.78, 5) is 18.6. The molecule has 3 heteroatoms. The minimum absolute atomic E-state index is 0.268. The highest BCUT2D eigenvalue weighted by Gasteiger charge is 2.32. The molecule has 0 aliphatic carbocycles. The number of hydrogen-bond acceptors (Lipinski definition) is 2. The van der Waals surface area contributed by atoms with Gasteiger partial charge in [-0.15, -0.1) is 0 Å². The molecule has 0 saturated carbocycles. The van der Waals surface area contributed by atoms with Crippen LogP contribution in [-0.4, -0.2) is 28.4 Å². The fourth-order valence-electron chi connectivity index (χ4n) is 3.40. The molecule has 0 N–H and O–H groups in total. The van der Waals surface area contributed by atoms with Gasteiger partial charge in [-0.2, -0.15) is 0 Å². The van der Waals surface area contributed by atoms with E-state index >= 15 is 0 Å². The van der Waals surface area contributed by atoms with Gasteiger partial charge in [0.2, 0.25) is 5.91 Å². The monoisotopic (exact) mass is 308 g/mol. The predicted octanol–water partition coefficient (Wildman–Crippen LogP) is 3.73. The zero-order chi connectivity index (χ0) is 16.2. The Hall–Kier alpha value is -2.16. The second kappa shape index (κ2) is 6.95. The van der Waals surface area contributed by atoms with Crippen molar-refractivity contribution in [3.8, 4) is 0 Å². The lowest BCUT2D eigenvalue weighted by molar-refractivity contribution is -0.131. The number of benzene rings is 1. The predicted molar refractivity (Wildman–Crippen MR) is 92.3 cm³/mol. The number of aryl methyl sites for hydroxylation is 2. The zero-order valence-corrected chi connectivity index (χ0v) is 13.9. The van der Waals surface area contributed by atoms with Crippen molar-refractivity contribution in [1.82, 2.24) is 9.88 Å². The lowest BCUT2D eigenvalue weighted by atomic mass is 9.96. The Kier molecular flexibility index (Phi) is 4.75. The minimum atomic E-state index is 0.268. The standard InChI is InChI=1S/C20H24N2O/c1-15-3-6-18(7-4-15)19-13-16(2)22(14-19)20(23)8-5-17-9-11-21-12-10-17/h3-4,6-7,9-12,16,19H,5,8,13-14H2,1-2H3. The fourth-order valence-corrected chi connectivity index (χ4v) is 3.40. The maximum Gasteiger partial charge on any atom is 0.223 e. The lowest BCUT2D eigenvalue weighted by Crippen LogP contribution is -2.34. The summed E-state index contributed by atoms with van der Waals surface area (Å²) in [5.41, 5.74) is 3.81. The molecule has 1 fully saturated rings. The first-order chi connectivity index (χ1) is 11.1. The van der Waals surface area contributed by atoms with Gasteiger partial charge in [0.1, 0.15) is 0 Å². The Morgan fingerprint density at radius 3 is 2.57 bits per heavy atom. The van der Waals surface area contributed by atoms with Crippen LogP contribution >= 0.6 is 0 Å². The summed E-state index contributed by atoms with van der Waals surface area (Å²) in [6.45, 7) is 5.12. The van der Waals surface area contributed by atoms with Gasteiger partial charge in [0.15, 0.2) is 0 Å². The Morgan fingerprint density at radius 2 is 1.87 bits per heavy atom. The minimum Gasteiger partial charge on any atom is -0.339 e. The van der Waals surface area contributed by atoms with Crippen molar-refractivity contribution in [3.63, 3.8) is 0 Å². The van der Waals surface area contributed by atoms with E-state index in [4.69, 9.17) is 0 Å². The Labute approximate surface area is 138 Å². The van der Waals surface area contributed by atoms with E-state index in [-0.39, 0.29) is 5.91 Å². The van der Waals surface area contributed by atoms with Crippen molar-refractivity contribution in [2.24, 2.45) is 0 Å². The number of amides is 1. The second-order valence-electron chi connectivity index (χ2n) is 6.59. The van der Waals surface area contributed by atoms with Gasteiger partial charge in [-0.25, -0.2) is 0 Å². The first kappa shape index (κ1) is 15.7. The van der Waals surface area contributed by atoms with E-state index < -0.39 is 0 Å². The number of hydrogen-bond donors (Lipinski definition) is 0. The van der Waals surface area contributed by atoms with Gasteiger partial charge in [0.05, 0.1) is 0 Å². The van der Waals surface area contributed by atoms with Crippen LogP contribution in [0.4, 0.5) is 0 Å². The quantitative estimate of drug-likeness (QED) is 0.862. The van der Waals surface area contributed by atoms with Crippen molar-refractivity contribution < 1.29 is 4.79 Å². The molecule has 0 radical (unpaired) electrons. The molecule has 2 heterocycles. The van der Waals surface area contributed by atoms with E-state index in [0.29, 0.717) is 18.4 Å². The third-order valence-electron chi connectivity index (χ3n) is 4.82. The van der Waals surface area contributed by atoms with Crippen molar-refractivity contribution in [3.05, 3.63) is 65.5 Å². The largest absolute Gasteiger partial charge is 0.339 e. The summed E-state index contributed by atoms with van der Waals surface area (Å²) < 4.78 is 0. The van der Waals surface area contributed by atoms with Crippen LogP contribution in [0.5, 0.6) is 0 Å². The van der Waals surface area contributed by atoms with Gasteiger partial charge in [-0.05, 0) is 49.9 Å². The summed E-state index contributed by atoms with van der Waals surface area (Å²) in [7, 11) is 0. The first-order valence-corrected chi connectivity index (χ1v) is 8.38. The highest BCUT2D eigenvalue weighted by molar-refractivity contribution is 5.77. The van der Waals surface area contributed by atoms with Crippen LogP contribution in [0.1, 0.15) is 42.4 Å². The Morgan fingerprint density at radius 1 is 1.17 bits per heavy atom. The number of aromatic nitrogens is 1. The summed E-state index contributed by atoms with van der Waals surface area (Å²) in [5.74, 6) is 0.736. The van der Waals surface area contributed by atoms with Gasteiger partial charge in [0.25, 0.3) is 0 Å². The molecular weight excluding hydrogens is 284 g/mol. The Bertz CT molecular complexity index is 651. The number of carbonyl (C=O) groups is 1. The van der Waals surface area contributed by atoms with Crippen LogP contribution in [0.2, 0.25) is 0 Å². The topological polar surface area (TPSA) is 33.2 Å². The molecule has 3 rings (SSSR count). The molecule has 2 unspecified atom stereocenters. The zero-order valence-electron chi connectivity index (χ0n) is 13.9. The number of rotatable bonds is 4. The van der Waals surface area contributed by atoms with Crippen LogP contribution in [0.3, 0.4) is 0 Å². The molecule has 1 aliphatic heterocycles. The number of carbonyl (C=O) groups excluding carboxylic acids is 1. The number of likely N-dealkylation sites (tertiary alicyclic amines) is 1. The van der Waals surface area contributed by atoms with Crippen LogP contribution in [0, 0.1) is 6.92 Å². The molecule has 2 aromatic rings. The molecule has 1 amide bonds. The number of nitrogens with zero attached hydrogens (tertiary/aromatic N) is 2. The molecule has 1 aliphatic rings. The lowest BCUT2D eigenvalue weighted by Gasteiger charge is -2.21. The van der Waals surface area contributed by atoms with Crippen LogP contribution in [-0.2, 0) is 11.2 Å². The first-order valence-electron chi connectivity index (χ1n) is 8.38. The summed E-state index contributed by atoms with van der Waals surface area (Å²) in [6.07, 6.45) is 6.00. The van der Waals surface area contributed by atoms with Crippen molar-refractivity contribution in [1.29, 1.82) is 0 Å². The van der Waals surface area contributed by atoms with Crippen molar-refractivity contribution in [2.75, 3.05) is 6.54 Å². The molecule has 0 bridgehead atoms. The summed E-state index contributed by atoms with van der Waals surface area (Å²) in [5, 5.41) is 0. The molecule has 0 spiro atoms. The van der Waals surface area contributed by atoms with Crippen molar-refractivity contribution >= 4 is 5.91 Å². The van der Waals surface area contributed by atoms with E-state index in [1.807, 2.05) is 12.1 Å². The SMILES string of the molecule is Cc1ccc(C2CC(C)N(C(=O)CCc3ccncc3)C2)cc1. The van der Waals surface area contributed by atoms with Gasteiger partial charge >= 0.3 is 0 Å². The van der Waals surface area contributed by atoms with E-state index in [9.17, 15) is 4.79 Å². The smallest absolute Gasteiger partial charge is 0.223 e. The highest BCUT2D eigenvalue weighted by Crippen LogP contribution is 2.32. The summed E-state index contributed by atoms with van der Waals surface area (Å²) >= 11 is 0. The van der Waals surface area contributed by atoms with E-state index in [1.165, 1.54) is 16.7 Å². The maximum absolute atomic E-state index is 12.6. The third-order valence-corrected chi connectivity index (χ3v) is 4.82. The molecule has 120 valence electrons. The van der Waals surface area contributed by atoms with E-state index in [0.717, 1.165) is 19.4 Å². The van der Waals surface area contributed by atoms with E-state index in [2.05, 4.69) is 48.0 Å². The normalized spacial score (nSPS) is 20.7. The molecule has 1 aromatic carbocycles. The van der Waals surface area contributed by atoms with Crippen molar-refractivity contribution in [2.45, 2.75) is 45.1 Å². The fraction of sp³-hybridized carbons (Fsp3) is 0.400. The number of pyridine rings is 1. The highest BCUT2D eigenvalue weighted by atomic mass is 16.2. The summed E-state index contributed by atoms with van der Waals surface area (Å²) in [6, 6.07) is 13.0. The Balaban J connectivity index is 1.59. The molecule has 2 atom stereocenters. The van der Waals surface area contributed by atoms with Gasteiger partial charge in [-0.1, -0.05) is 29.8 Å². The van der Waals surface area contributed by atoms with Crippen LogP contribution < -0.4 is 0 Å². The average Bonchev–Trinajstić information content (AvgIpc) is 2.96. The molecule has 1 aromatic heterocycles.